The number of nitrogens with one attached hydrogen (secondary N) is 1. The number of rotatable bonds is 5. The predicted molar refractivity (Wildman–Crippen MR) is 84.1 cm³/mol. The second kappa shape index (κ2) is 7.12. The molecule has 1 aliphatic rings. The van der Waals surface area contributed by atoms with Crippen LogP contribution in [0.1, 0.15) is 43.2 Å². The second-order valence-electron chi connectivity index (χ2n) is 6.14. The SMILES string of the molecule is Cc1cccc(CC(=O)NCC2(CCl)CCCCC2)c1. The highest BCUT2D eigenvalue weighted by Crippen LogP contribution is 2.36. The molecule has 110 valence electrons. The minimum Gasteiger partial charge on any atom is -0.355 e. The molecule has 1 saturated carbocycles. The van der Waals surface area contributed by atoms with Crippen LogP contribution in [0.4, 0.5) is 0 Å². The van der Waals surface area contributed by atoms with E-state index in [1.54, 1.807) is 0 Å². The Bertz CT molecular complexity index is 452. The molecule has 2 rings (SSSR count). The van der Waals surface area contributed by atoms with Crippen molar-refractivity contribution in [1.82, 2.24) is 5.32 Å². The molecule has 1 amide bonds. The van der Waals surface area contributed by atoms with Gasteiger partial charge in [-0.1, -0.05) is 49.1 Å². The summed E-state index contributed by atoms with van der Waals surface area (Å²) in [5.74, 6) is 0.753. The molecule has 1 N–H and O–H groups in total. The molecule has 0 aliphatic heterocycles. The molecule has 0 bridgehead atoms. The largest absolute Gasteiger partial charge is 0.355 e. The minimum absolute atomic E-state index is 0.102. The van der Waals surface area contributed by atoms with Crippen LogP contribution in [-0.2, 0) is 11.2 Å². The maximum absolute atomic E-state index is 12.1. The highest BCUT2D eigenvalue weighted by Gasteiger charge is 2.31. The summed E-state index contributed by atoms with van der Waals surface area (Å²) < 4.78 is 0. The van der Waals surface area contributed by atoms with Crippen LogP contribution in [0.15, 0.2) is 24.3 Å². The molecule has 2 nitrogen and oxygen atoms in total. The molecule has 20 heavy (non-hydrogen) atoms. The topological polar surface area (TPSA) is 29.1 Å². The average Bonchev–Trinajstić information content (AvgIpc) is 2.46. The zero-order valence-corrected chi connectivity index (χ0v) is 13.0. The third kappa shape index (κ3) is 4.24. The van der Waals surface area contributed by atoms with Crippen molar-refractivity contribution < 1.29 is 4.79 Å². The number of hydrogen-bond donors (Lipinski definition) is 1. The van der Waals surface area contributed by atoms with Crippen LogP contribution in [0, 0.1) is 12.3 Å². The summed E-state index contributed by atoms with van der Waals surface area (Å²) in [4.78, 5) is 12.1. The third-order valence-electron chi connectivity index (χ3n) is 4.31. The van der Waals surface area contributed by atoms with E-state index in [1.807, 2.05) is 25.1 Å². The molecular formula is C17H24ClNO. The van der Waals surface area contributed by atoms with E-state index in [0.717, 1.165) is 24.9 Å². The number of aryl methyl sites for hydroxylation is 1. The number of carbonyl (C=O) groups is 1. The van der Waals surface area contributed by atoms with Gasteiger partial charge >= 0.3 is 0 Å². The Labute approximate surface area is 126 Å². The molecule has 0 spiro atoms. The first-order valence-electron chi connectivity index (χ1n) is 7.52. The fourth-order valence-electron chi connectivity index (χ4n) is 3.02. The van der Waals surface area contributed by atoms with Crippen LogP contribution in [-0.4, -0.2) is 18.3 Å². The second-order valence-corrected chi connectivity index (χ2v) is 6.40. The monoisotopic (exact) mass is 293 g/mol. The van der Waals surface area contributed by atoms with Crippen molar-refractivity contribution in [3.8, 4) is 0 Å². The van der Waals surface area contributed by atoms with E-state index in [4.69, 9.17) is 11.6 Å². The number of carbonyl (C=O) groups excluding carboxylic acids is 1. The van der Waals surface area contributed by atoms with Gasteiger partial charge in [0.1, 0.15) is 0 Å². The van der Waals surface area contributed by atoms with Gasteiger partial charge in [0.2, 0.25) is 5.91 Å². The zero-order chi connectivity index (χ0) is 14.4. The molecule has 0 aromatic heterocycles. The lowest BCUT2D eigenvalue weighted by molar-refractivity contribution is -0.121. The maximum atomic E-state index is 12.1. The summed E-state index contributed by atoms with van der Waals surface area (Å²) in [5.41, 5.74) is 2.40. The first-order valence-corrected chi connectivity index (χ1v) is 8.05. The molecule has 0 saturated heterocycles. The highest BCUT2D eigenvalue weighted by molar-refractivity contribution is 6.18. The third-order valence-corrected chi connectivity index (χ3v) is 4.87. The smallest absolute Gasteiger partial charge is 0.224 e. The van der Waals surface area contributed by atoms with Gasteiger partial charge in [0.25, 0.3) is 0 Å². The van der Waals surface area contributed by atoms with Crippen LogP contribution in [0.2, 0.25) is 0 Å². The lowest BCUT2D eigenvalue weighted by atomic mass is 9.75. The highest BCUT2D eigenvalue weighted by atomic mass is 35.5. The van der Waals surface area contributed by atoms with Crippen molar-refractivity contribution >= 4 is 17.5 Å². The molecule has 0 unspecified atom stereocenters. The summed E-state index contributed by atoms with van der Waals surface area (Å²) >= 11 is 6.15. The Morgan fingerprint density at radius 1 is 1.30 bits per heavy atom. The summed E-state index contributed by atoms with van der Waals surface area (Å²) in [6.45, 7) is 2.77. The molecule has 0 radical (unpaired) electrons. The number of benzene rings is 1. The summed E-state index contributed by atoms with van der Waals surface area (Å²) in [5, 5.41) is 3.09. The Balaban J connectivity index is 1.85. The quantitative estimate of drug-likeness (QED) is 0.821. The van der Waals surface area contributed by atoms with E-state index in [-0.39, 0.29) is 11.3 Å². The van der Waals surface area contributed by atoms with Crippen LogP contribution in [0.25, 0.3) is 0 Å². The summed E-state index contributed by atoms with van der Waals surface area (Å²) in [7, 11) is 0. The first-order chi connectivity index (χ1) is 9.63. The molecule has 1 aliphatic carbocycles. The van der Waals surface area contributed by atoms with Gasteiger partial charge in [-0.3, -0.25) is 4.79 Å². The molecule has 3 heteroatoms. The van der Waals surface area contributed by atoms with Gasteiger partial charge in [-0.25, -0.2) is 0 Å². The molecule has 1 fully saturated rings. The molecule has 1 aromatic carbocycles. The number of amides is 1. The minimum atomic E-state index is 0.102. The van der Waals surface area contributed by atoms with Crippen molar-refractivity contribution in [1.29, 1.82) is 0 Å². The van der Waals surface area contributed by atoms with E-state index >= 15 is 0 Å². The fourth-order valence-corrected chi connectivity index (χ4v) is 3.38. The van der Waals surface area contributed by atoms with Crippen molar-refractivity contribution in [2.24, 2.45) is 5.41 Å². The average molecular weight is 294 g/mol. The van der Waals surface area contributed by atoms with Gasteiger partial charge in [-0.05, 0) is 25.3 Å². The predicted octanol–water partition coefficient (Wildman–Crippen LogP) is 3.84. The summed E-state index contributed by atoms with van der Waals surface area (Å²) in [6.07, 6.45) is 6.51. The van der Waals surface area contributed by atoms with E-state index in [2.05, 4.69) is 11.4 Å². The van der Waals surface area contributed by atoms with Crippen LogP contribution >= 0.6 is 11.6 Å². The van der Waals surface area contributed by atoms with Crippen LogP contribution < -0.4 is 5.32 Å². The molecule has 1 aromatic rings. The van der Waals surface area contributed by atoms with Crippen LogP contribution in [0.3, 0.4) is 0 Å². The van der Waals surface area contributed by atoms with Gasteiger partial charge < -0.3 is 5.32 Å². The van der Waals surface area contributed by atoms with Crippen molar-refractivity contribution in [3.63, 3.8) is 0 Å². The normalized spacial score (nSPS) is 17.7. The number of alkyl halides is 1. The van der Waals surface area contributed by atoms with E-state index in [1.165, 1.54) is 24.8 Å². The summed E-state index contributed by atoms with van der Waals surface area (Å²) in [6, 6.07) is 8.12. The Morgan fingerprint density at radius 2 is 2.05 bits per heavy atom. The Morgan fingerprint density at radius 3 is 2.70 bits per heavy atom. The Hall–Kier alpha value is -1.02. The number of halogens is 1. The zero-order valence-electron chi connectivity index (χ0n) is 12.3. The van der Waals surface area contributed by atoms with Gasteiger partial charge in [0.05, 0.1) is 6.42 Å². The maximum Gasteiger partial charge on any atom is 0.224 e. The van der Waals surface area contributed by atoms with Crippen molar-refractivity contribution in [2.45, 2.75) is 45.4 Å². The molecule has 0 atom stereocenters. The lowest BCUT2D eigenvalue weighted by Gasteiger charge is -2.35. The van der Waals surface area contributed by atoms with Crippen molar-refractivity contribution in [2.75, 3.05) is 12.4 Å². The van der Waals surface area contributed by atoms with Gasteiger partial charge in [-0.15, -0.1) is 11.6 Å². The van der Waals surface area contributed by atoms with Gasteiger partial charge in [0.15, 0.2) is 0 Å². The van der Waals surface area contributed by atoms with Gasteiger partial charge in [-0.2, -0.15) is 0 Å². The van der Waals surface area contributed by atoms with Crippen molar-refractivity contribution in [3.05, 3.63) is 35.4 Å². The van der Waals surface area contributed by atoms with Crippen LogP contribution in [0.5, 0.6) is 0 Å². The molecule has 0 heterocycles. The molecular weight excluding hydrogens is 270 g/mol. The van der Waals surface area contributed by atoms with E-state index in [0.29, 0.717) is 12.3 Å². The fraction of sp³-hybridized carbons (Fsp3) is 0.588. The lowest BCUT2D eigenvalue weighted by Crippen LogP contribution is -2.40. The standard InChI is InChI=1S/C17H24ClNO/c1-14-6-5-7-15(10-14)11-16(20)19-13-17(12-18)8-3-2-4-9-17/h5-7,10H,2-4,8-9,11-13H2,1H3,(H,19,20). The Kier molecular flexibility index (Phi) is 5.47. The first kappa shape index (κ1) is 15.4. The van der Waals surface area contributed by atoms with Gasteiger partial charge in [0, 0.05) is 17.8 Å². The number of hydrogen-bond acceptors (Lipinski definition) is 1. The van der Waals surface area contributed by atoms with E-state index < -0.39 is 0 Å². The van der Waals surface area contributed by atoms with E-state index in [9.17, 15) is 4.79 Å².